The molecule has 0 bridgehead atoms. The molecule has 84 valence electrons. The molecule has 0 aliphatic rings. The number of nitrogen functional groups attached to an aromatic ring is 1. The lowest BCUT2D eigenvalue weighted by Gasteiger charge is -2.06. The smallest absolute Gasteiger partial charge is 0.349 e. The van der Waals surface area contributed by atoms with Crippen molar-refractivity contribution in [1.29, 1.82) is 5.26 Å². The highest BCUT2D eigenvalue weighted by Gasteiger charge is 2.05. The van der Waals surface area contributed by atoms with Gasteiger partial charge in [0, 0.05) is 6.20 Å². The van der Waals surface area contributed by atoms with Gasteiger partial charge >= 0.3 is 5.69 Å². The van der Waals surface area contributed by atoms with Crippen LogP contribution in [0.5, 0.6) is 0 Å². The SMILES string of the molecule is N#Cc1cn(Cc2ccccc2)c(=O)nc1N. The van der Waals surface area contributed by atoms with E-state index in [0.29, 0.717) is 6.54 Å². The second-order valence-electron chi connectivity index (χ2n) is 3.55. The molecular weight excluding hydrogens is 216 g/mol. The van der Waals surface area contributed by atoms with Gasteiger partial charge in [-0.1, -0.05) is 30.3 Å². The molecule has 0 aliphatic carbocycles. The number of hydrogen-bond donors (Lipinski definition) is 1. The van der Waals surface area contributed by atoms with E-state index in [1.807, 2.05) is 36.4 Å². The molecule has 0 unspecified atom stereocenters. The first-order valence-corrected chi connectivity index (χ1v) is 5.01. The van der Waals surface area contributed by atoms with Crippen molar-refractivity contribution in [2.75, 3.05) is 5.73 Å². The van der Waals surface area contributed by atoms with Crippen LogP contribution in [-0.2, 0) is 6.54 Å². The fourth-order valence-electron chi connectivity index (χ4n) is 1.48. The van der Waals surface area contributed by atoms with E-state index >= 15 is 0 Å². The summed E-state index contributed by atoms with van der Waals surface area (Å²) in [6, 6.07) is 11.4. The molecule has 0 saturated heterocycles. The Balaban J connectivity index is 2.41. The number of nitrogens with zero attached hydrogens (tertiary/aromatic N) is 3. The second kappa shape index (κ2) is 4.49. The lowest BCUT2D eigenvalue weighted by Crippen LogP contribution is -2.24. The second-order valence-corrected chi connectivity index (χ2v) is 3.55. The maximum Gasteiger partial charge on any atom is 0.349 e. The Bertz CT molecular complexity index is 625. The standard InChI is InChI=1S/C12H10N4O/c13-6-10-8-16(12(17)15-11(10)14)7-9-4-2-1-3-5-9/h1-5,8H,7H2,(H2,14,15,17). The molecule has 1 aromatic carbocycles. The predicted octanol–water partition coefficient (Wildman–Crippen LogP) is 0.745. The average molecular weight is 226 g/mol. The molecule has 5 nitrogen and oxygen atoms in total. The summed E-state index contributed by atoms with van der Waals surface area (Å²) in [7, 11) is 0. The molecule has 2 N–H and O–H groups in total. The summed E-state index contributed by atoms with van der Waals surface area (Å²) < 4.78 is 1.37. The molecule has 1 heterocycles. The Kier molecular flexibility index (Phi) is 2.88. The third kappa shape index (κ3) is 2.32. The van der Waals surface area contributed by atoms with E-state index in [1.54, 1.807) is 0 Å². The molecular formula is C12H10N4O. The number of nitriles is 1. The van der Waals surface area contributed by atoms with Crippen molar-refractivity contribution in [2.45, 2.75) is 6.54 Å². The Morgan fingerprint density at radius 3 is 2.71 bits per heavy atom. The zero-order chi connectivity index (χ0) is 12.3. The van der Waals surface area contributed by atoms with E-state index in [9.17, 15) is 4.79 Å². The summed E-state index contributed by atoms with van der Waals surface area (Å²) in [6.45, 7) is 0.377. The molecule has 2 rings (SSSR count). The number of rotatable bonds is 2. The largest absolute Gasteiger partial charge is 0.382 e. The van der Waals surface area contributed by atoms with Gasteiger partial charge in [-0.15, -0.1) is 0 Å². The summed E-state index contributed by atoms with van der Waals surface area (Å²) in [5, 5.41) is 8.81. The molecule has 0 radical (unpaired) electrons. The first-order valence-electron chi connectivity index (χ1n) is 5.01. The summed E-state index contributed by atoms with van der Waals surface area (Å²) in [4.78, 5) is 15.2. The van der Waals surface area contributed by atoms with E-state index in [4.69, 9.17) is 11.0 Å². The van der Waals surface area contributed by atoms with Crippen LogP contribution in [0.1, 0.15) is 11.1 Å². The third-order valence-electron chi connectivity index (χ3n) is 2.34. The molecule has 0 aliphatic heterocycles. The molecule has 0 fully saturated rings. The maximum absolute atomic E-state index is 11.6. The van der Waals surface area contributed by atoms with E-state index in [0.717, 1.165) is 5.56 Å². The van der Waals surface area contributed by atoms with Crippen molar-refractivity contribution in [3.05, 3.63) is 58.1 Å². The molecule has 2 aromatic rings. The van der Waals surface area contributed by atoms with Gasteiger partial charge in [0.1, 0.15) is 17.5 Å². The van der Waals surface area contributed by atoms with Gasteiger partial charge in [0.15, 0.2) is 0 Å². The summed E-state index contributed by atoms with van der Waals surface area (Å²) >= 11 is 0. The van der Waals surface area contributed by atoms with Crippen LogP contribution in [0.2, 0.25) is 0 Å². The molecule has 0 saturated carbocycles. The van der Waals surface area contributed by atoms with Crippen LogP contribution in [-0.4, -0.2) is 9.55 Å². The number of nitrogens with two attached hydrogens (primary N) is 1. The van der Waals surface area contributed by atoms with Gasteiger partial charge in [0.25, 0.3) is 0 Å². The summed E-state index contributed by atoms with van der Waals surface area (Å²) in [5.41, 5.74) is 6.17. The topological polar surface area (TPSA) is 84.7 Å². The van der Waals surface area contributed by atoms with Crippen LogP contribution in [0.25, 0.3) is 0 Å². The number of anilines is 1. The van der Waals surface area contributed by atoms with Crippen molar-refractivity contribution in [3.63, 3.8) is 0 Å². The van der Waals surface area contributed by atoms with Crippen LogP contribution in [0, 0.1) is 11.3 Å². The lowest BCUT2D eigenvalue weighted by atomic mass is 10.2. The van der Waals surface area contributed by atoms with Gasteiger partial charge in [0.2, 0.25) is 0 Å². The van der Waals surface area contributed by atoms with Crippen molar-refractivity contribution in [3.8, 4) is 6.07 Å². The minimum absolute atomic E-state index is 0.0261. The van der Waals surface area contributed by atoms with Gasteiger partial charge < -0.3 is 5.73 Å². The first kappa shape index (κ1) is 10.9. The Morgan fingerprint density at radius 1 is 1.35 bits per heavy atom. The van der Waals surface area contributed by atoms with Gasteiger partial charge in [-0.25, -0.2) is 4.79 Å². The van der Waals surface area contributed by atoms with Crippen LogP contribution >= 0.6 is 0 Å². The van der Waals surface area contributed by atoms with Crippen molar-refractivity contribution in [2.24, 2.45) is 0 Å². The molecule has 1 aromatic heterocycles. The first-order chi connectivity index (χ1) is 8.20. The minimum atomic E-state index is -0.453. The zero-order valence-corrected chi connectivity index (χ0v) is 9.00. The van der Waals surface area contributed by atoms with E-state index in [2.05, 4.69) is 4.98 Å². The maximum atomic E-state index is 11.6. The summed E-state index contributed by atoms with van der Waals surface area (Å²) in [5.74, 6) is -0.0261. The highest BCUT2D eigenvalue weighted by Crippen LogP contribution is 2.05. The van der Waals surface area contributed by atoms with Crippen LogP contribution in [0.4, 0.5) is 5.82 Å². The minimum Gasteiger partial charge on any atom is -0.382 e. The fourth-order valence-corrected chi connectivity index (χ4v) is 1.48. The van der Waals surface area contributed by atoms with Crippen molar-refractivity contribution >= 4 is 5.82 Å². The van der Waals surface area contributed by atoms with Gasteiger partial charge in [-0.05, 0) is 5.56 Å². The van der Waals surface area contributed by atoms with Crippen molar-refractivity contribution < 1.29 is 0 Å². The fraction of sp³-hybridized carbons (Fsp3) is 0.0833. The van der Waals surface area contributed by atoms with Gasteiger partial charge in [-0.3, -0.25) is 4.57 Å². The average Bonchev–Trinajstić information content (AvgIpc) is 2.34. The quantitative estimate of drug-likeness (QED) is 0.818. The Hall–Kier alpha value is -2.61. The number of aromatic nitrogens is 2. The Morgan fingerprint density at radius 2 is 2.06 bits per heavy atom. The monoisotopic (exact) mass is 226 g/mol. The lowest BCUT2D eigenvalue weighted by molar-refractivity contribution is 0.727. The van der Waals surface area contributed by atoms with Crippen LogP contribution < -0.4 is 11.4 Å². The third-order valence-corrected chi connectivity index (χ3v) is 2.34. The van der Waals surface area contributed by atoms with Crippen molar-refractivity contribution in [1.82, 2.24) is 9.55 Å². The number of benzene rings is 1. The normalized spacial score (nSPS) is 9.82. The summed E-state index contributed by atoms with van der Waals surface area (Å²) in [6.07, 6.45) is 1.43. The molecule has 5 heteroatoms. The van der Waals surface area contributed by atoms with Gasteiger partial charge in [-0.2, -0.15) is 10.2 Å². The van der Waals surface area contributed by atoms with E-state index in [-0.39, 0.29) is 11.4 Å². The molecule has 0 spiro atoms. The molecule has 17 heavy (non-hydrogen) atoms. The zero-order valence-electron chi connectivity index (χ0n) is 9.00. The predicted molar refractivity (Wildman–Crippen MR) is 63.2 cm³/mol. The Labute approximate surface area is 97.8 Å². The van der Waals surface area contributed by atoms with Crippen LogP contribution in [0.15, 0.2) is 41.3 Å². The molecule has 0 atom stereocenters. The van der Waals surface area contributed by atoms with E-state index in [1.165, 1.54) is 10.8 Å². The highest BCUT2D eigenvalue weighted by atomic mass is 16.1. The highest BCUT2D eigenvalue weighted by molar-refractivity contribution is 5.45. The molecule has 0 amide bonds. The van der Waals surface area contributed by atoms with Crippen LogP contribution in [0.3, 0.4) is 0 Å². The number of hydrogen-bond acceptors (Lipinski definition) is 4. The van der Waals surface area contributed by atoms with E-state index < -0.39 is 5.69 Å². The van der Waals surface area contributed by atoms with Gasteiger partial charge in [0.05, 0.1) is 6.54 Å².